The molecule has 2 aromatic heterocycles. The number of nitrogens with one attached hydrogen (secondary N) is 1. The van der Waals surface area contributed by atoms with Gasteiger partial charge in [-0.2, -0.15) is 0 Å². The molecule has 0 fully saturated rings. The molecule has 6 aromatic carbocycles. The Bertz CT molecular complexity index is 2490. The normalized spacial score (nSPS) is 12.5. The van der Waals surface area contributed by atoms with Gasteiger partial charge in [0.1, 0.15) is 5.70 Å². The first-order valence-corrected chi connectivity index (χ1v) is 15.4. The molecule has 0 saturated carbocycles. The molecule has 8 aromatic rings. The number of thiophene rings is 1. The van der Waals surface area contributed by atoms with Crippen LogP contribution >= 0.6 is 11.3 Å². The number of hydrogen-bond acceptors (Lipinski definition) is 2. The molecular weight excluding hydrogens is 555 g/mol. The van der Waals surface area contributed by atoms with Gasteiger partial charge in [0.2, 0.25) is 0 Å². The molecule has 0 aliphatic heterocycles. The largest absolute Gasteiger partial charge is 0.353 e. The second kappa shape index (κ2) is 10.6. The van der Waals surface area contributed by atoms with Crippen LogP contribution in [0.15, 0.2) is 150 Å². The summed E-state index contributed by atoms with van der Waals surface area (Å²) in [6, 6.07) is 44.1. The monoisotopic (exact) mass is 581 g/mol. The molecule has 1 N–H and O–H groups in total. The van der Waals surface area contributed by atoms with Gasteiger partial charge in [0.25, 0.3) is 0 Å². The van der Waals surface area contributed by atoms with Crippen molar-refractivity contribution in [1.82, 2.24) is 4.98 Å². The third-order valence-electron chi connectivity index (χ3n) is 8.25. The molecular formula is C40H27N3S. The molecule has 0 amide bonds. The summed E-state index contributed by atoms with van der Waals surface area (Å²) in [6.07, 6.45) is 0. The number of aliphatic imine (C=N–C) groups is 2. The molecule has 0 bridgehead atoms. The first kappa shape index (κ1) is 26.1. The predicted octanol–water partition coefficient (Wildman–Crippen LogP) is 10.9. The first-order chi connectivity index (χ1) is 21.7. The maximum atomic E-state index is 5.17. The average Bonchev–Trinajstić information content (AvgIpc) is 3.67. The van der Waals surface area contributed by atoms with Crippen molar-refractivity contribution in [1.29, 1.82) is 0 Å². The number of fused-ring (bicyclic) bond motifs is 10. The molecule has 0 unspecified atom stereocenters. The fourth-order valence-corrected chi connectivity index (χ4v) is 7.47. The van der Waals surface area contributed by atoms with E-state index in [0.29, 0.717) is 11.5 Å². The van der Waals surface area contributed by atoms with Gasteiger partial charge in [-0.25, -0.2) is 9.98 Å². The van der Waals surface area contributed by atoms with Crippen molar-refractivity contribution in [3.63, 3.8) is 0 Å². The molecule has 8 rings (SSSR count). The number of aromatic nitrogens is 1. The van der Waals surface area contributed by atoms with Gasteiger partial charge in [-0.15, -0.1) is 17.1 Å². The van der Waals surface area contributed by atoms with Crippen molar-refractivity contribution < 1.29 is 0 Å². The van der Waals surface area contributed by atoms with Crippen LogP contribution in [-0.4, -0.2) is 16.5 Å². The van der Waals surface area contributed by atoms with Crippen LogP contribution in [0.25, 0.3) is 58.4 Å². The van der Waals surface area contributed by atoms with Crippen LogP contribution in [0.2, 0.25) is 0 Å². The molecule has 4 heteroatoms. The molecule has 0 aliphatic carbocycles. The summed E-state index contributed by atoms with van der Waals surface area (Å²) in [5.41, 5.74) is 9.73. The SMILES string of the molecule is C=C=C(/N=C(\N=C(/C)c1cccc2c1[nH]c1c3sc4ccccc4c3c3ccccc3c21)c1ccccc1)c1ccccc1. The number of rotatable bonds is 4. The van der Waals surface area contributed by atoms with Crippen molar-refractivity contribution in [2.24, 2.45) is 9.98 Å². The van der Waals surface area contributed by atoms with E-state index >= 15 is 0 Å². The van der Waals surface area contributed by atoms with Gasteiger partial charge in [0.05, 0.1) is 15.7 Å². The molecule has 0 saturated heterocycles. The molecule has 3 nitrogen and oxygen atoms in total. The smallest absolute Gasteiger partial charge is 0.160 e. The summed E-state index contributed by atoms with van der Waals surface area (Å²) in [7, 11) is 0. The van der Waals surface area contributed by atoms with E-state index < -0.39 is 0 Å². The fourth-order valence-electron chi connectivity index (χ4n) is 6.25. The van der Waals surface area contributed by atoms with E-state index in [4.69, 9.17) is 9.98 Å². The summed E-state index contributed by atoms with van der Waals surface area (Å²) in [6.45, 7) is 5.99. The number of aromatic amines is 1. The van der Waals surface area contributed by atoms with Gasteiger partial charge in [-0.3, -0.25) is 0 Å². The minimum atomic E-state index is 0.614. The van der Waals surface area contributed by atoms with Crippen molar-refractivity contribution in [3.8, 4) is 0 Å². The highest BCUT2D eigenvalue weighted by molar-refractivity contribution is 7.27. The van der Waals surface area contributed by atoms with Crippen molar-refractivity contribution in [2.75, 3.05) is 0 Å². The summed E-state index contributed by atoms with van der Waals surface area (Å²) >= 11 is 1.85. The number of amidine groups is 1. The summed E-state index contributed by atoms with van der Waals surface area (Å²) < 4.78 is 2.58. The molecule has 208 valence electrons. The van der Waals surface area contributed by atoms with Gasteiger partial charge in [-0.1, -0.05) is 128 Å². The van der Waals surface area contributed by atoms with Crippen LogP contribution in [-0.2, 0) is 0 Å². The maximum Gasteiger partial charge on any atom is 0.160 e. The van der Waals surface area contributed by atoms with Crippen molar-refractivity contribution in [2.45, 2.75) is 6.92 Å². The molecule has 0 radical (unpaired) electrons. The van der Waals surface area contributed by atoms with E-state index in [-0.39, 0.29) is 0 Å². The number of nitrogens with zero attached hydrogens (tertiary/aromatic N) is 2. The minimum Gasteiger partial charge on any atom is -0.353 e. The number of H-pyrrole nitrogens is 1. The maximum absolute atomic E-state index is 5.17. The topological polar surface area (TPSA) is 40.5 Å². The predicted molar refractivity (Wildman–Crippen MR) is 190 cm³/mol. The lowest BCUT2D eigenvalue weighted by atomic mass is 9.98. The van der Waals surface area contributed by atoms with E-state index in [1.54, 1.807) is 0 Å². The Labute approximate surface area is 258 Å². The van der Waals surface area contributed by atoms with E-state index in [1.165, 1.54) is 47.2 Å². The lowest BCUT2D eigenvalue weighted by Crippen LogP contribution is -2.05. The minimum absolute atomic E-state index is 0.614. The van der Waals surface area contributed by atoms with Crippen molar-refractivity contribution >= 4 is 81.3 Å². The van der Waals surface area contributed by atoms with Gasteiger partial charge < -0.3 is 4.98 Å². The summed E-state index contributed by atoms with van der Waals surface area (Å²) in [4.78, 5) is 14.0. The Balaban J connectivity index is 1.38. The van der Waals surface area contributed by atoms with Crippen LogP contribution in [0.5, 0.6) is 0 Å². The Kier molecular flexibility index (Phi) is 6.31. The summed E-state index contributed by atoms with van der Waals surface area (Å²) in [5, 5.41) is 7.60. The highest BCUT2D eigenvalue weighted by atomic mass is 32.1. The second-order valence-corrected chi connectivity index (χ2v) is 11.9. The standard InChI is InChI=1S/C40H27N3S/c1-3-33(26-15-6-4-7-16-26)42-40(27-17-8-5-9-18-27)41-25(2)28-22-14-23-32-35-29-19-10-11-20-30(29)36-31-21-12-13-24-34(31)44-39(36)38(35)43-37(28)32/h4-24,43H,1H2,2H3/b41-25+,42-40-. The Morgan fingerprint density at radius 2 is 1.23 bits per heavy atom. The van der Waals surface area contributed by atoms with E-state index in [9.17, 15) is 0 Å². The van der Waals surface area contributed by atoms with Gasteiger partial charge >= 0.3 is 0 Å². The Morgan fingerprint density at radius 3 is 1.95 bits per heavy atom. The Morgan fingerprint density at radius 1 is 0.614 bits per heavy atom. The molecule has 0 atom stereocenters. The molecule has 2 heterocycles. The fraction of sp³-hybridized carbons (Fsp3) is 0.0250. The zero-order valence-electron chi connectivity index (χ0n) is 24.1. The number of para-hydroxylation sites is 1. The lowest BCUT2D eigenvalue weighted by Gasteiger charge is -2.08. The molecule has 0 aliphatic rings. The van der Waals surface area contributed by atoms with E-state index in [2.05, 4.69) is 90.9 Å². The first-order valence-electron chi connectivity index (χ1n) is 14.6. The van der Waals surface area contributed by atoms with E-state index in [1.807, 2.05) is 72.0 Å². The highest BCUT2D eigenvalue weighted by Gasteiger charge is 2.19. The highest BCUT2D eigenvalue weighted by Crippen LogP contribution is 2.46. The zero-order chi connectivity index (χ0) is 29.6. The van der Waals surface area contributed by atoms with E-state index in [0.717, 1.165) is 27.9 Å². The lowest BCUT2D eigenvalue weighted by molar-refractivity contribution is 1.44. The second-order valence-electron chi connectivity index (χ2n) is 10.8. The van der Waals surface area contributed by atoms with Crippen molar-refractivity contribution in [3.05, 3.63) is 156 Å². The quantitative estimate of drug-likeness (QED) is 0.122. The van der Waals surface area contributed by atoms with Crippen LogP contribution in [0.1, 0.15) is 23.6 Å². The molecule has 44 heavy (non-hydrogen) atoms. The number of hydrogen-bond donors (Lipinski definition) is 1. The van der Waals surface area contributed by atoms with Gasteiger partial charge in [-0.05, 0) is 23.8 Å². The van der Waals surface area contributed by atoms with Gasteiger partial charge in [0.15, 0.2) is 5.84 Å². The Hall–Kier alpha value is -5.54. The number of benzene rings is 6. The molecule has 0 spiro atoms. The van der Waals surface area contributed by atoms with Crippen LogP contribution in [0.4, 0.5) is 0 Å². The third-order valence-corrected chi connectivity index (χ3v) is 9.44. The van der Waals surface area contributed by atoms with Crippen LogP contribution in [0.3, 0.4) is 0 Å². The summed E-state index contributed by atoms with van der Waals surface area (Å²) in [5.74, 6) is 0.614. The van der Waals surface area contributed by atoms with Crippen LogP contribution in [0, 0.1) is 0 Å². The third kappa shape index (κ3) is 4.20. The van der Waals surface area contributed by atoms with Gasteiger partial charge in [0, 0.05) is 48.6 Å². The average molecular weight is 582 g/mol. The van der Waals surface area contributed by atoms with Crippen LogP contribution < -0.4 is 0 Å². The zero-order valence-corrected chi connectivity index (χ0v) is 25.0.